The zero-order chi connectivity index (χ0) is 22.6. The van der Waals surface area contributed by atoms with E-state index in [9.17, 15) is 13.2 Å². The largest absolute Gasteiger partial charge is 0.463 e. The van der Waals surface area contributed by atoms with Crippen molar-refractivity contribution in [2.75, 3.05) is 12.9 Å². The molecule has 0 heterocycles. The van der Waals surface area contributed by atoms with Crippen LogP contribution in [0.3, 0.4) is 0 Å². The molecule has 4 saturated carbocycles. The third-order valence-electron chi connectivity index (χ3n) is 10.3. The summed E-state index contributed by atoms with van der Waals surface area (Å²) in [5, 5.41) is 0. The van der Waals surface area contributed by atoms with E-state index in [1.165, 1.54) is 51.9 Å². The van der Waals surface area contributed by atoms with Crippen LogP contribution in [0.25, 0.3) is 0 Å². The minimum atomic E-state index is -3.38. The Bertz CT molecular complexity index is 794. The molecule has 0 aliphatic heterocycles. The van der Waals surface area contributed by atoms with Crippen molar-refractivity contribution in [2.24, 2.45) is 46.3 Å². The second kappa shape index (κ2) is 8.30. The smallest absolute Gasteiger partial charge is 0.302 e. The van der Waals surface area contributed by atoms with Crippen molar-refractivity contribution < 1.29 is 22.1 Å². The van der Waals surface area contributed by atoms with Crippen LogP contribution in [0.15, 0.2) is 0 Å². The molecular weight excluding hydrogens is 412 g/mol. The van der Waals surface area contributed by atoms with Crippen molar-refractivity contribution in [1.29, 1.82) is 0 Å². The maximum absolute atomic E-state index is 11.5. The van der Waals surface area contributed by atoms with E-state index in [0.29, 0.717) is 29.3 Å². The summed E-state index contributed by atoms with van der Waals surface area (Å²) in [6, 6.07) is 0. The molecule has 0 N–H and O–H groups in total. The van der Waals surface area contributed by atoms with E-state index in [4.69, 9.17) is 8.92 Å². The minimum absolute atomic E-state index is 0.118. The molecule has 5 nitrogen and oxygen atoms in total. The summed E-state index contributed by atoms with van der Waals surface area (Å²) < 4.78 is 33.8. The first-order valence-corrected chi connectivity index (χ1v) is 14.3. The van der Waals surface area contributed by atoms with Gasteiger partial charge in [0.1, 0.15) is 6.10 Å². The molecule has 0 bridgehead atoms. The van der Waals surface area contributed by atoms with Gasteiger partial charge in [-0.15, -0.1) is 0 Å². The van der Waals surface area contributed by atoms with E-state index < -0.39 is 10.1 Å². The maximum Gasteiger partial charge on any atom is 0.302 e. The molecule has 3 unspecified atom stereocenters. The van der Waals surface area contributed by atoms with Gasteiger partial charge in [-0.1, -0.05) is 20.8 Å². The third kappa shape index (κ3) is 4.32. The summed E-state index contributed by atoms with van der Waals surface area (Å²) >= 11 is 0. The lowest BCUT2D eigenvalue weighted by Gasteiger charge is -2.61. The fraction of sp³-hybridized carbons (Fsp3) is 0.960. The molecule has 0 radical (unpaired) electrons. The Labute approximate surface area is 189 Å². The number of rotatable bonds is 5. The second-order valence-corrected chi connectivity index (χ2v) is 13.5. The topological polar surface area (TPSA) is 69.7 Å². The van der Waals surface area contributed by atoms with Crippen LogP contribution in [0, 0.1) is 46.3 Å². The van der Waals surface area contributed by atoms with Crippen molar-refractivity contribution in [3.05, 3.63) is 0 Å². The molecule has 6 heteroatoms. The highest BCUT2D eigenvalue weighted by Gasteiger charge is 2.60. The number of fused-ring (bicyclic) bond motifs is 5. The molecule has 0 saturated heterocycles. The molecule has 9 atom stereocenters. The van der Waals surface area contributed by atoms with Crippen LogP contribution in [-0.4, -0.2) is 33.4 Å². The number of carbonyl (C=O) groups excluding carboxylic acids is 1. The van der Waals surface area contributed by atoms with Gasteiger partial charge in [0.25, 0.3) is 10.1 Å². The van der Waals surface area contributed by atoms with Gasteiger partial charge >= 0.3 is 5.97 Å². The van der Waals surface area contributed by atoms with Gasteiger partial charge < -0.3 is 4.74 Å². The number of esters is 1. The number of carbonyl (C=O) groups is 1. The summed E-state index contributed by atoms with van der Waals surface area (Å²) in [6.45, 7) is 9.07. The SMILES string of the molecule is CC(=O)O[C@H]1CC[C@]2(C)C3CC[C@@]4(C)C(CCC4[C@H](C)COS(C)(=O)=O)[C@@H]3CC[C@@H]2C1. The third-order valence-corrected chi connectivity index (χ3v) is 10.8. The molecule has 4 aliphatic carbocycles. The molecule has 178 valence electrons. The van der Waals surface area contributed by atoms with Crippen molar-refractivity contribution in [3.8, 4) is 0 Å². The van der Waals surface area contributed by atoms with E-state index in [2.05, 4.69) is 20.8 Å². The Balaban J connectivity index is 1.47. The van der Waals surface area contributed by atoms with Gasteiger partial charge in [-0.3, -0.25) is 8.98 Å². The van der Waals surface area contributed by atoms with Crippen LogP contribution < -0.4 is 0 Å². The highest BCUT2D eigenvalue weighted by molar-refractivity contribution is 7.85. The number of ether oxygens (including phenoxy) is 1. The van der Waals surface area contributed by atoms with Gasteiger partial charge in [0, 0.05) is 6.92 Å². The van der Waals surface area contributed by atoms with Crippen molar-refractivity contribution in [3.63, 3.8) is 0 Å². The van der Waals surface area contributed by atoms with Gasteiger partial charge in [0.15, 0.2) is 0 Å². The molecule has 4 aliphatic rings. The van der Waals surface area contributed by atoms with Gasteiger partial charge in [0.2, 0.25) is 0 Å². The first-order valence-electron chi connectivity index (χ1n) is 12.5. The van der Waals surface area contributed by atoms with E-state index in [1.54, 1.807) is 0 Å². The van der Waals surface area contributed by atoms with Gasteiger partial charge in [-0.05, 0) is 104 Å². The molecule has 0 aromatic rings. The molecule has 0 spiro atoms. The van der Waals surface area contributed by atoms with E-state index in [-0.39, 0.29) is 18.0 Å². The van der Waals surface area contributed by atoms with Crippen molar-refractivity contribution in [2.45, 2.75) is 91.6 Å². The van der Waals surface area contributed by atoms with Gasteiger partial charge in [-0.2, -0.15) is 8.42 Å². The minimum Gasteiger partial charge on any atom is -0.463 e. The lowest BCUT2D eigenvalue weighted by Crippen LogP contribution is -2.54. The Hall–Kier alpha value is -0.620. The Kier molecular flexibility index (Phi) is 6.30. The van der Waals surface area contributed by atoms with Gasteiger partial charge in [0.05, 0.1) is 12.9 Å². The molecule has 0 aromatic carbocycles. The summed E-state index contributed by atoms with van der Waals surface area (Å²) in [5.74, 6) is 3.68. The molecule has 4 rings (SSSR count). The highest BCUT2D eigenvalue weighted by atomic mass is 32.2. The summed E-state index contributed by atoms with van der Waals surface area (Å²) in [4.78, 5) is 11.5. The predicted octanol–water partition coefficient (Wildman–Crippen LogP) is 5.19. The normalized spacial score (nSPS) is 45.8. The first kappa shape index (κ1) is 23.5. The van der Waals surface area contributed by atoms with Crippen molar-refractivity contribution >= 4 is 16.1 Å². The van der Waals surface area contributed by atoms with Crippen LogP contribution >= 0.6 is 0 Å². The number of hydrogen-bond donors (Lipinski definition) is 0. The monoisotopic (exact) mass is 454 g/mol. The zero-order valence-electron chi connectivity index (χ0n) is 20.1. The maximum atomic E-state index is 11.5. The average Bonchev–Trinajstić information content (AvgIpc) is 3.03. The Morgan fingerprint density at radius 2 is 1.68 bits per heavy atom. The molecule has 0 aromatic heterocycles. The van der Waals surface area contributed by atoms with Crippen molar-refractivity contribution in [1.82, 2.24) is 0 Å². The molecule has 31 heavy (non-hydrogen) atoms. The molecule has 4 fully saturated rings. The Morgan fingerprint density at radius 1 is 1.00 bits per heavy atom. The summed E-state index contributed by atoms with van der Waals surface area (Å²) in [7, 11) is -3.38. The van der Waals surface area contributed by atoms with E-state index in [0.717, 1.165) is 36.9 Å². The van der Waals surface area contributed by atoms with Gasteiger partial charge in [-0.25, -0.2) is 0 Å². The lowest BCUT2D eigenvalue weighted by atomic mass is 9.44. The standard InChI is InChI=1S/C25H42O5S/c1-16(15-29-31(5,27)28)21-8-9-22-20-7-6-18-14-19(30-17(2)26)10-12-24(18,3)23(20)11-13-25(21,22)4/h16,18-23H,6-15H2,1-5H3/t16-,18-,19+,20+,21?,22?,23?,24+,25-/m1/s1. The Morgan fingerprint density at radius 3 is 2.35 bits per heavy atom. The fourth-order valence-corrected chi connectivity index (χ4v) is 9.34. The molecular formula is C25H42O5S. The fourth-order valence-electron chi connectivity index (χ4n) is 8.88. The first-order chi connectivity index (χ1) is 14.4. The van der Waals surface area contributed by atoms with Crippen LogP contribution in [0.5, 0.6) is 0 Å². The summed E-state index contributed by atoms with van der Waals surface area (Å²) in [6.07, 6.45) is 12.1. The van der Waals surface area contributed by atoms with Crippen LogP contribution in [0.4, 0.5) is 0 Å². The predicted molar refractivity (Wildman–Crippen MR) is 121 cm³/mol. The zero-order valence-corrected chi connectivity index (χ0v) is 20.9. The van der Waals surface area contributed by atoms with Crippen LogP contribution in [-0.2, 0) is 23.8 Å². The average molecular weight is 455 g/mol. The summed E-state index contributed by atoms with van der Waals surface area (Å²) in [5.41, 5.74) is 0.684. The quantitative estimate of drug-likeness (QED) is 0.422. The second-order valence-electron chi connectivity index (χ2n) is 11.9. The highest BCUT2D eigenvalue weighted by Crippen LogP contribution is 2.68. The lowest BCUT2D eigenvalue weighted by molar-refractivity contribution is -0.160. The number of hydrogen-bond acceptors (Lipinski definition) is 5. The van der Waals surface area contributed by atoms with Crippen LogP contribution in [0.1, 0.15) is 85.5 Å². The van der Waals surface area contributed by atoms with E-state index >= 15 is 0 Å². The molecule has 0 amide bonds. The van der Waals surface area contributed by atoms with E-state index in [1.807, 2.05) is 0 Å². The van der Waals surface area contributed by atoms with Crippen LogP contribution in [0.2, 0.25) is 0 Å².